The number of nitrogens with one attached hydrogen (secondary N) is 1. The van der Waals surface area contributed by atoms with Gasteiger partial charge in [0.05, 0.1) is 5.56 Å². The lowest BCUT2D eigenvalue weighted by atomic mass is 9.91. The summed E-state index contributed by atoms with van der Waals surface area (Å²) in [6, 6.07) is 4.42. The molecular formula is C16H24ClF3N2O2. The Kier molecular flexibility index (Phi) is 8.57. The van der Waals surface area contributed by atoms with E-state index in [1.165, 1.54) is 12.1 Å². The van der Waals surface area contributed by atoms with Gasteiger partial charge in [0.15, 0.2) is 6.61 Å². The van der Waals surface area contributed by atoms with Crippen molar-refractivity contribution in [1.29, 1.82) is 0 Å². The van der Waals surface area contributed by atoms with E-state index in [2.05, 4.69) is 5.32 Å². The predicted molar refractivity (Wildman–Crippen MR) is 89.2 cm³/mol. The van der Waals surface area contributed by atoms with Crippen LogP contribution in [0.25, 0.3) is 0 Å². The summed E-state index contributed by atoms with van der Waals surface area (Å²) in [6.45, 7) is 5.75. The normalized spacial score (nSPS) is 13.8. The Morgan fingerprint density at radius 1 is 1.33 bits per heavy atom. The molecule has 3 N–H and O–H groups in total. The van der Waals surface area contributed by atoms with E-state index < -0.39 is 23.2 Å². The largest absolute Gasteiger partial charge is 0.484 e. The molecule has 1 unspecified atom stereocenters. The van der Waals surface area contributed by atoms with E-state index in [-0.39, 0.29) is 31.3 Å². The van der Waals surface area contributed by atoms with E-state index in [9.17, 15) is 18.0 Å². The van der Waals surface area contributed by atoms with Crippen molar-refractivity contribution < 1.29 is 22.7 Å². The molecule has 0 aliphatic rings. The van der Waals surface area contributed by atoms with Crippen molar-refractivity contribution in [3.8, 4) is 5.75 Å². The summed E-state index contributed by atoms with van der Waals surface area (Å²) in [6.07, 6.45) is -3.75. The van der Waals surface area contributed by atoms with E-state index in [1.807, 2.05) is 20.8 Å². The second kappa shape index (κ2) is 9.13. The van der Waals surface area contributed by atoms with Crippen molar-refractivity contribution >= 4 is 18.3 Å². The van der Waals surface area contributed by atoms with Gasteiger partial charge in [-0.05, 0) is 37.5 Å². The third kappa shape index (κ3) is 7.40. The maximum atomic E-state index is 12.6. The van der Waals surface area contributed by atoms with Crippen LogP contribution in [0.15, 0.2) is 24.3 Å². The van der Waals surface area contributed by atoms with Gasteiger partial charge in [-0.25, -0.2) is 0 Å². The smallest absolute Gasteiger partial charge is 0.416 e. The summed E-state index contributed by atoms with van der Waals surface area (Å²) in [5.41, 5.74) is 4.31. The minimum atomic E-state index is -4.45. The number of nitrogens with two attached hydrogens (primary N) is 1. The van der Waals surface area contributed by atoms with Crippen LogP contribution in [-0.4, -0.2) is 24.6 Å². The van der Waals surface area contributed by atoms with Crippen LogP contribution >= 0.6 is 12.4 Å². The third-order valence-corrected chi connectivity index (χ3v) is 3.28. The van der Waals surface area contributed by atoms with Crippen molar-refractivity contribution in [1.82, 2.24) is 5.32 Å². The van der Waals surface area contributed by atoms with Gasteiger partial charge in [-0.3, -0.25) is 4.79 Å². The number of benzene rings is 1. The molecule has 24 heavy (non-hydrogen) atoms. The summed E-state index contributed by atoms with van der Waals surface area (Å²) in [7, 11) is 0. The molecule has 138 valence electrons. The highest BCUT2D eigenvalue weighted by Gasteiger charge is 2.31. The van der Waals surface area contributed by atoms with Gasteiger partial charge in [-0.1, -0.05) is 19.9 Å². The van der Waals surface area contributed by atoms with Gasteiger partial charge in [0, 0.05) is 12.1 Å². The predicted octanol–water partition coefficient (Wildman–Crippen LogP) is 3.39. The molecule has 4 nitrogen and oxygen atoms in total. The Labute approximate surface area is 146 Å². The van der Waals surface area contributed by atoms with Gasteiger partial charge in [0.2, 0.25) is 0 Å². The molecule has 1 amide bonds. The number of hydrogen-bond donors (Lipinski definition) is 2. The number of halogens is 4. The maximum Gasteiger partial charge on any atom is 0.416 e. The first kappa shape index (κ1) is 22.5. The molecular weight excluding hydrogens is 345 g/mol. The van der Waals surface area contributed by atoms with Crippen LogP contribution in [-0.2, 0) is 11.0 Å². The van der Waals surface area contributed by atoms with Crippen molar-refractivity contribution in [2.24, 2.45) is 11.7 Å². The number of amides is 1. The molecule has 0 fully saturated rings. The Morgan fingerprint density at radius 2 is 1.96 bits per heavy atom. The summed E-state index contributed by atoms with van der Waals surface area (Å²) in [5, 5.41) is 2.78. The quantitative estimate of drug-likeness (QED) is 0.775. The molecule has 1 atom stereocenters. The van der Waals surface area contributed by atoms with Crippen LogP contribution < -0.4 is 15.8 Å². The fraction of sp³-hybridized carbons (Fsp3) is 0.562. The molecule has 1 rings (SSSR count). The number of alkyl halides is 3. The highest BCUT2D eigenvalue weighted by molar-refractivity contribution is 5.85. The lowest BCUT2D eigenvalue weighted by Gasteiger charge is -2.31. The van der Waals surface area contributed by atoms with E-state index in [0.29, 0.717) is 12.3 Å². The van der Waals surface area contributed by atoms with E-state index >= 15 is 0 Å². The molecule has 1 aromatic carbocycles. The zero-order chi connectivity index (χ0) is 17.7. The number of carbonyl (C=O) groups excluding carboxylic acids is 1. The lowest BCUT2D eigenvalue weighted by Crippen LogP contribution is -2.53. The molecule has 0 saturated carbocycles. The Bertz CT molecular complexity index is 538. The fourth-order valence-electron chi connectivity index (χ4n) is 2.37. The van der Waals surface area contributed by atoms with Gasteiger partial charge >= 0.3 is 6.18 Å². The molecule has 0 bridgehead atoms. The summed E-state index contributed by atoms with van der Waals surface area (Å²) in [5.74, 6) is -0.0856. The average Bonchev–Trinajstić information content (AvgIpc) is 2.43. The van der Waals surface area contributed by atoms with Gasteiger partial charge in [0.1, 0.15) is 5.75 Å². The van der Waals surface area contributed by atoms with Crippen LogP contribution in [0, 0.1) is 5.92 Å². The molecule has 0 spiro atoms. The molecule has 8 heteroatoms. The van der Waals surface area contributed by atoms with E-state index in [1.54, 1.807) is 0 Å². The number of carbonyl (C=O) groups is 1. The first-order chi connectivity index (χ1) is 10.6. The summed E-state index contributed by atoms with van der Waals surface area (Å²) in [4.78, 5) is 11.9. The van der Waals surface area contributed by atoms with E-state index in [4.69, 9.17) is 10.5 Å². The minimum Gasteiger partial charge on any atom is -0.484 e. The Morgan fingerprint density at radius 3 is 2.46 bits per heavy atom. The Hall–Kier alpha value is -1.47. The molecule has 1 aromatic rings. The van der Waals surface area contributed by atoms with Crippen molar-refractivity contribution in [3.63, 3.8) is 0 Å². The zero-order valence-corrected chi connectivity index (χ0v) is 14.8. The first-order valence-electron chi connectivity index (χ1n) is 7.37. The SMILES string of the molecule is CC(C)CC(C)(CN)NC(=O)COc1cccc(C(F)(F)F)c1.Cl. The zero-order valence-electron chi connectivity index (χ0n) is 13.9. The first-order valence-corrected chi connectivity index (χ1v) is 7.37. The van der Waals surface area contributed by atoms with Crippen LogP contribution in [0.2, 0.25) is 0 Å². The van der Waals surface area contributed by atoms with Crippen LogP contribution in [0.4, 0.5) is 13.2 Å². The average molecular weight is 369 g/mol. The van der Waals surface area contributed by atoms with Gasteiger partial charge in [-0.15, -0.1) is 12.4 Å². The summed E-state index contributed by atoms with van der Waals surface area (Å²) < 4.78 is 43.0. The van der Waals surface area contributed by atoms with Crippen LogP contribution in [0.3, 0.4) is 0 Å². The second-order valence-electron chi connectivity index (χ2n) is 6.23. The van der Waals surface area contributed by atoms with Crippen molar-refractivity contribution in [2.75, 3.05) is 13.2 Å². The Balaban J connectivity index is 0.00000529. The molecule has 0 aromatic heterocycles. The number of rotatable bonds is 7. The van der Waals surface area contributed by atoms with Crippen LogP contribution in [0.1, 0.15) is 32.8 Å². The highest BCUT2D eigenvalue weighted by atomic mass is 35.5. The topological polar surface area (TPSA) is 64.3 Å². The van der Waals surface area contributed by atoms with Crippen molar-refractivity contribution in [3.05, 3.63) is 29.8 Å². The standard InChI is InChI=1S/C16H23F3N2O2.ClH/c1-11(2)8-15(3,10-20)21-14(22)9-23-13-6-4-5-12(7-13)16(17,18)19;/h4-7,11H,8-10,20H2,1-3H3,(H,21,22);1H. The minimum absolute atomic E-state index is 0. The van der Waals surface area contributed by atoms with Crippen LogP contribution in [0.5, 0.6) is 5.75 Å². The van der Waals surface area contributed by atoms with Gasteiger partial charge < -0.3 is 15.8 Å². The lowest BCUT2D eigenvalue weighted by molar-refractivity contribution is -0.137. The van der Waals surface area contributed by atoms with Gasteiger partial charge in [-0.2, -0.15) is 13.2 Å². The van der Waals surface area contributed by atoms with Gasteiger partial charge in [0.25, 0.3) is 5.91 Å². The molecule has 0 heterocycles. The third-order valence-electron chi connectivity index (χ3n) is 3.28. The number of hydrogen-bond acceptors (Lipinski definition) is 3. The van der Waals surface area contributed by atoms with Crippen molar-refractivity contribution in [2.45, 2.75) is 38.9 Å². The molecule has 0 radical (unpaired) electrons. The second-order valence-corrected chi connectivity index (χ2v) is 6.23. The molecule has 0 aliphatic carbocycles. The van der Waals surface area contributed by atoms with E-state index in [0.717, 1.165) is 12.1 Å². The monoisotopic (exact) mass is 368 g/mol. The maximum absolute atomic E-state index is 12.6. The highest BCUT2D eigenvalue weighted by Crippen LogP contribution is 2.31. The molecule has 0 saturated heterocycles. The fourth-order valence-corrected chi connectivity index (χ4v) is 2.37. The number of ether oxygens (including phenoxy) is 1. The molecule has 0 aliphatic heterocycles. The summed E-state index contributed by atoms with van der Waals surface area (Å²) >= 11 is 0.